The molecule has 0 aromatic heterocycles. The summed E-state index contributed by atoms with van der Waals surface area (Å²) in [6.07, 6.45) is 112. The molecule has 0 rings (SSSR count). The van der Waals surface area contributed by atoms with Gasteiger partial charge in [-0.15, -0.1) is 0 Å². The van der Waals surface area contributed by atoms with Crippen molar-refractivity contribution >= 4 is 33.6 Å². The molecule has 16 nitrogen and oxygen atoms in total. The van der Waals surface area contributed by atoms with Crippen LogP contribution in [-0.2, 0) is 55.8 Å². The fourth-order valence-electron chi connectivity index (χ4n) is 12.5. The van der Waals surface area contributed by atoms with E-state index in [9.17, 15) is 43.5 Å². The number of ether oxygens (including phenoxy) is 3. The van der Waals surface area contributed by atoms with Crippen LogP contribution in [0.1, 0.15) is 393 Å². The first kappa shape index (κ1) is 110. The summed E-state index contributed by atoms with van der Waals surface area (Å²) in [7, 11) is -9.81. The van der Waals surface area contributed by atoms with Gasteiger partial charge in [0.2, 0.25) is 0 Å². The number of aliphatic hydroxyl groups excluding tert-OH is 2. The van der Waals surface area contributed by atoms with Gasteiger partial charge in [0.1, 0.15) is 25.4 Å². The topological polar surface area (TPSA) is 231 Å². The minimum absolute atomic E-state index is 0.0746. The van der Waals surface area contributed by atoms with Crippen LogP contribution in [0.3, 0.4) is 0 Å². The highest BCUT2D eigenvalue weighted by atomic mass is 31.2. The van der Waals surface area contributed by atoms with E-state index in [1.54, 1.807) is 0 Å². The first-order valence-corrected chi connectivity index (χ1v) is 49.1. The number of unbranched alkanes of at least 4 members (excludes halogenated alkanes) is 40. The number of hydrogen-bond acceptors (Lipinski definition) is 14. The zero-order valence-corrected chi connectivity index (χ0v) is 74.7. The van der Waals surface area contributed by atoms with Gasteiger partial charge in [-0.3, -0.25) is 32.5 Å². The van der Waals surface area contributed by atoms with Crippen LogP contribution in [0.4, 0.5) is 0 Å². The SMILES string of the molecule is CC/C=C\C/C=C\C/C=C\C/C=C\CCCCCCC(=O)OC(COC(=O)CCCCCCCCCCCCCCCCC/C=C\C/C=C\C/C=C\C/C=C\CCCCC)COP(=O)(O)OCC(O)COP(=O)(O)OCC(O)COC(=O)CCCCCCCCCCCCCCCCC/C=C\C/C=C\C/C=C\C/C=C\CCCCC. The van der Waals surface area contributed by atoms with Crippen LogP contribution in [0, 0.1) is 0 Å². The van der Waals surface area contributed by atoms with Crippen molar-refractivity contribution in [3.63, 3.8) is 0 Å². The number of phosphoric ester groups is 2. The molecule has 662 valence electrons. The fourth-order valence-corrected chi connectivity index (χ4v) is 14.1. The smallest absolute Gasteiger partial charge is 0.463 e. The van der Waals surface area contributed by atoms with Crippen molar-refractivity contribution < 1.29 is 75.8 Å². The lowest BCUT2D eigenvalue weighted by Gasteiger charge is -2.21. The maximum atomic E-state index is 13.0. The Morgan fingerprint density at radius 2 is 0.461 bits per heavy atom. The Labute approximate surface area is 702 Å². The molecule has 0 radical (unpaired) electrons. The molecule has 0 fully saturated rings. The predicted octanol–water partition coefficient (Wildman–Crippen LogP) is 28.3. The van der Waals surface area contributed by atoms with E-state index in [1.807, 2.05) is 0 Å². The molecule has 5 unspecified atom stereocenters. The molecular formula is C97H168O16P2. The van der Waals surface area contributed by atoms with Gasteiger partial charge in [-0.05, 0) is 148 Å². The Balaban J connectivity index is 4.52. The maximum Gasteiger partial charge on any atom is 0.472 e. The van der Waals surface area contributed by atoms with E-state index in [0.29, 0.717) is 19.3 Å². The standard InChI is InChI=1S/C97H168O16P2/c1-4-7-10-13-16-19-22-25-28-31-33-35-37-39-41-43-45-47-49-51-53-55-57-60-62-65-68-71-74-77-80-83-95(100)107-86-92(98)87-109-114(103,104)110-88-93(99)89-111-115(105,106)112-91-94(113-97(102)85-82-79-76-73-70-67-64-59-30-27-24-21-18-15-12-9-6-3)90-108-96(101)84-81-78-75-72-69-66-63-61-58-56-54-52-50-48-46-44-42-40-38-36-34-32-29-26-23-20-17-14-11-8-5-2/h9,12,16-21,25-30,33-36,39-42,64,67,92-94,98-99H,4-8,10-11,13-15,22-24,31-32,37-38,43-63,65-66,68-91H2,1-3H3,(H,103,104)(H,105,106)/b12-9-,19-16-,20-17-,21-18-,28-25-,29-26-,30-27-,35-33-,36-34-,41-39-,42-40-,67-64-. The van der Waals surface area contributed by atoms with Crippen LogP contribution in [0.25, 0.3) is 0 Å². The summed E-state index contributed by atoms with van der Waals surface area (Å²) in [6, 6.07) is 0. The molecule has 0 amide bonds. The van der Waals surface area contributed by atoms with E-state index in [-0.39, 0.29) is 19.3 Å². The molecule has 5 atom stereocenters. The van der Waals surface area contributed by atoms with Crippen molar-refractivity contribution in [2.45, 2.75) is 411 Å². The fraction of sp³-hybridized carbons (Fsp3) is 0.722. The largest absolute Gasteiger partial charge is 0.472 e. The highest BCUT2D eigenvalue weighted by Crippen LogP contribution is 2.45. The first-order chi connectivity index (χ1) is 56.2. The molecule has 4 N–H and O–H groups in total. The molecule has 0 aromatic rings. The zero-order chi connectivity index (χ0) is 83.6. The average molecular weight is 1650 g/mol. The molecule has 0 spiro atoms. The predicted molar refractivity (Wildman–Crippen MR) is 482 cm³/mol. The van der Waals surface area contributed by atoms with Gasteiger partial charge < -0.3 is 34.2 Å². The molecule has 0 saturated heterocycles. The molecule has 0 heterocycles. The van der Waals surface area contributed by atoms with Gasteiger partial charge >= 0.3 is 33.6 Å². The molecule has 0 aromatic carbocycles. The molecule has 0 aliphatic rings. The molecular weight excluding hydrogens is 1480 g/mol. The third-order valence-corrected chi connectivity index (χ3v) is 21.4. The maximum absolute atomic E-state index is 13.0. The lowest BCUT2D eigenvalue weighted by molar-refractivity contribution is -0.161. The summed E-state index contributed by atoms with van der Waals surface area (Å²) in [4.78, 5) is 58.9. The molecule has 0 aliphatic carbocycles. The van der Waals surface area contributed by atoms with Crippen molar-refractivity contribution in [1.29, 1.82) is 0 Å². The second-order valence-corrected chi connectivity index (χ2v) is 33.6. The van der Waals surface area contributed by atoms with Crippen LogP contribution in [0.2, 0.25) is 0 Å². The van der Waals surface area contributed by atoms with Crippen molar-refractivity contribution in [3.8, 4) is 0 Å². The van der Waals surface area contributed by atoms with E-state index in [1.165, 1.54) is 205 Å². The third-order valence-electron chi connectivity index (χ3n) is 19.5. The van der Waals surface area contributed by atoms with E-state index in [0.717, 1.165) is 128 Å². The van der Waals surface area contributed by atoms with Crippen molar-refractivity contribution in [1.82, 2.24) is 0 Å². The number of phosphoric acid groups is 2. The lowest BCUT2D eigenvalue weighted by Crippen LogP contribution is -2.30. The molecule has 18 heteroatoms. The molecule has 0 aliphatic heterocycles. The summed E-state index contributed by atoms with van der Waals surface area (Å²) >= 11 is 0. The van der Waals surface area contributed by atoms with Gasteiger partial charge in [0.25, 0.3) is 0 Å². The number of hydrogen-bond donors (Lipinski definition) is 4. The molecule has 0 bridgehead atoms. The second-order valence-electron chi connectivity index (χ2n) is 30.7. The highest BCUT2D eigenvalue weighted by Gasteiger charge is 2.29. The van der Waals surface area contributed by atoms with Gasteiger partial charge in [-0.2, -0.15) is 0 Å². The van der Waals surface area contributed by atoms with Crippen LogP contribution in [-0.4, -0.2) is 95.9 Å². The Kier molecular flexibility index (Phi) is 85.2. The summed E-state index contributed by atoms with van der Waals surface area (Å²) < 4.78 is 61.4. The number of allylic oxidation sites excluding steroid dienone is 24. The first-order valence-electron chi connectivity index (χ1n) is 46.1. The van der Waals surface area contributed by atoms with E-state index >= 15 is 0 Å². The highest BCUT2D eigenvalue weighted by molar-refractivity contribution is 7.47. The minimum atomic E-state index is -4.95. The van der Waals surface area contributed by atoms with Gasteiger partial charge in [-0.1, -0.05) is 372 Å². The van der Waals surface area contributed by atoms with Crippen molar-refractivity contribution in [2.75, 3.05) is 39.6 Å². The Bertz CT molecular complexity index is 2670. The Hall–Kier alpha value is -4.57. The van der Waals surface area contributed by atoms with E-state index in [4.69, 9.17) is 32.3 Å². The van der Waals surface area contributed by atoms with Crippen LogP contribution in [0.15, 0.2) is 146 Å². The number of esters is 3. The van der Waals surface area contributed by atoms with Gasteiger partial charge in [0, 0.05) is 19.3 Å². The van der Waals surface area contributed by atoms with Gasteiger partial charge in [0.15, 0.2) is 6.10 Å². The van der Waals surface area contributed by atoms with Crippen molar-refractivity contribution in [3.05, 3.63) is 146 Å². The lowest BCUT2D eigenvalue weighted by atomic mass is 10.0. The van der Waals surface area contributed by atoms with Crippen LogP contribution in [0.5, 0.6) is 0 Å². The summed E-state index contributed by atoms with van der Waals surface area (Å²) in [6.45, 7) is 2.53. The number of carbonyl (C=O) groups excluding carboxylic acids is 3. The monoisotopic (exact) mass is 1650 g/mol. The number of rotatable bonds is 87. The van der Waals surface area contributed by atoms with E-state index < -0.39 is 91.5 Å². The average Bonchev–Trinajstić information content (AvgIpc) is 0.891. The number of carbonyl (C=O) groups is 3. The second kappa shape index (κ2) is 88.7. The Morgan fingerprint density at radius 1 is 0.252 bits per heavy atom. The molecule has 0 saturated carbocycles. The Morgan fingerprint density at radius 3 is 0.730 bits per heavy atom. The summed E-state index contributed by atoms with van der Waals surface area (Å²) in [5.41, 5.74) is 0. The van der Waals surface area contributed by atoms with Crippen LogP contribution >= 0.6 is 15.6 Å². The zero-order valence-electron chi connectivity index (χ0n) is 72.9. The summed E-state index contributed by atoms with van der Waals surface area (Å²) in [5, 5.41) is 20.7. The van der Waals surface area contributed by atoms with Gasteiger partial charge in [0.05, 0.1) is 26.4 Å². The van der Waals surface area contributed by atoms with E-state index in [2.05, 4.69) is 167 Å². The van der Waals surface area contributed by atoms with Crippen molar-refractivity contribution in [2.24, 2.45) is 0 Å². The van der Waals surface area contributed by atoms with Gasteiger partial charge in [-0.25, -0.2) is 9.13 Å². The minimum Gasteiger partial charge on any atom is -0.463 e. The third kappa shape index (κ3) is 90.0. The summed E-state index contributed by atoms with van der Waals surface area (Å²) in [5.74, 6) is -1.59. The quantitative estimate of drug-likeness (QED) is 0.0146. The molecule has 115 heavy (non-hydrogen) atoms. The number of aliphatic hydroxyl groups is 2. The van der Waals surface area contributed by atoms with Crippen LogP contribution < -0.4 is 0 Å². The normalized spacial score (nSPS) is 14.5.